The van der Waals surface area contributed by atoms with Crippen molar-refractivity contribution in [1.29, 1.82) is 0 Å². The molecule has 120 valence electrons. The van der Waals surface area contributed by atoms with Crippen LogP contribution >= 0.6 is 0 Å². The van der Waals surface area contributed by atoms with Gasteiger partial charge in [-0.2, -0.15) is 4.31 Å². The summed E-state index contributed by atoms with van der Waals surface area (Å²) in [4.78, 5) is 10.3. The molecule has 0 spiro atoms. The van der Waals surface area contributed by atoms with Crippen molar-refractivity contribution in [3.05, 3.63) is 34.4 Å². The molecule has 2 aliphatic heterocycles. The zero-order valence-electron chi connectivity index (χ0n) is 12.1. The molecule has 8 heteroatoms. The Labute approximate surface area is 129 Å². The van der Waals surface area contributed by atoms with Gasteiger partial charge in [-0.1, -0.05) is 0 Å². The third-order valence-corrected chi connectivity index (χ3v) is 6.58. The lowest BCUT2D eigenvalue weighted by atomic mass is 9.92. The molecule has 7 nitrogen and oxygen atoms in total. The first-order chi connectivity index (χ1) is 10.5. The van der Waals surface area contributed by atoms with Crippen LogP contribution in [0.4, 0.5) is 5.69 Å². The SMILES string of the molecule is O=[N+]([O-])c1ccc(S(=O)(=O)N2CC[C@@H]3CNC[C@@H]3CC2)cc1. The molecular weight excluding hydrogens is 306 g/mol. The fourth-order valence-corrected chi connectivity index (χ4v) is 4.79. The second kappa shape index (κ2) is 5.94. The highest BCUT2D eigenvalue weighted by atomic mass is 32.2. The molecule has 22 heavy (non-hydrogen) atoms. The van der Waals surface area contributed by atoms with E-state index < -0.39 is 14.9 Å². The number of hydrogen-bond acceptors (Lipinski definition) is 5. The molecular formula is C14H19N3O4S. The van der Waals surface area contributed by atoms with Crippen LogP contribution in [-0.4, -0.2) is 43.8 Å². The Hall–Kier alpha value is -1.51. The zero-order valence-corrected chi connectivity index (χ0v) is 13.0. The van der Waals surface area contributed by atoms with Gasteiger partial charge in [0.1, 0.15) is 0 Å². The summed E-state index contributed by atoms with van der Waals surface area (Å²) in [6, 6.07) is 5.12. The largest absolute Gasteiger partial charge is 0.316 e. The molecule has 3 rings (SSSR count). The lowest BCUT2D eigenvalue weighted by Crippen LogP contribution is -2.32. The molecule has 2 heterocycles. The fraction of sp³-hybridized carbons (Fsp3) is 0.571. The third kappa shape index (κ3) is 2.86. The van der Waals surface area contributed by atoms with Gasteiger partial charge < -0.3 is 5.32 Å². The second-order valence-corrected chi connectivity index (χ2v) is 7.85. The third-order valence-electron chi connectivity index (χ3n) is 4.66. The highest BCUT2D eigenvalue weighted by molar-refractivity contribution is 7.89. The maximum atomic E-state index is 12.7. The van der Waals surface area contributed by atoms with Gasteiger partial charge in [0.25, 0.3) is 5.69 Å². The van der Waals surface area contributed by atoms with Crippen LogP contribution in [0.3, 0.4) is 0 Å². The minimum absolute atomic E-state index is 0.101. The van der Waals surface area contributed by atoms with Gasteiger partial charge in [-0.3, -0.25) is 10.1 Å². The van der Waals surface area contributed by atoms with Gasteiger partial charge in [-0.15, -0.1) is 0 Å². The molecule has 1 N–H and O–H groups in total. The number of nitro benzene ring substituents is 1. The number of fused-ring (bicyclic) bond motifs is 1. The van der Waals surface area contributed by atoms with Crippen LogP contribution in [0, 0.1) is 22.0 Å². The van der Waals surface area contributed by atoms with E-state index in [1.807, 2.05) is 0 Å². The monoisotopic (exact) mass is 325 g/mol. The quantitative estimate of drug-likeness (QED) is 0.666. The molecule has 0 bridgehead atoms. The van der Waals surface area contributed by atoms with Gasteiger partial charge in [-0.05, 0) is 49.9 Å². The molecule has 2 aliphatic rings. The van der Waals surface area contributed by atoms with Crippen molar-refractivity contribution in [3.8, 4) is 0 Å². The normalized spacial score (nSPS) is 26.4. The number of nitrogens with one attached hydrogen (secondary N) is 1. The van der Waals surface area contributed by atoms with Crippen molar-refractivity contribution in [2.75, 3.05) is 26.2 Å². The highest BCUT2D eigenvalue weighted by Crippen LogP contribution is 2.30. The average molecular weight is 325 g/mol. The first-order valence-corrected chi connectivity index (χ1v) is 8.88. The summed E-state index contributed by atoms with van der Waals surface area (Å²) in [6.07, 6.45) is 1.73. The van der Waals surface area contributed by atoms with E-state index in [2.05, 4.69) is 5.32 Å². The first kappa shape index (κ1) is 15.4. The van der Waals surface area contributed by atoms with E-state index >= 15 is 0 Å². The summed E-state index contributed by atoms with van der Waals surface area (Å²) >= 11 is 0. The van der Waals surface area contributed by atoms with Gasteiger partial charge in [0.15, 0.2) is 0 Å². The molecule has 0 aromatic heterocycles. The topological polar surface area (TPSA) is 92.5 Å². The highest BCUT2D eigenvalue weighted by Gasteiger charge is 2.34. The molecule has 0 amide bonds. The van der Waals surface area contributed by atoms with E-state index in [1.54, 1.807) is 0 Å². The van der Waals surface area contributed by atoms with Crippen LogP contribution < -0.4 is 5.32 Å². The van der Waals surface area contributed by atoms with Gasteiger partial charge in [0, 0.05) is 25.2 Å². The van der Waals surface area contributed by atoms with E-state index in [9.17, 15) is 18.5 Å². The summed E-state index contributed by atoms with van der Waals surface area (Å²) in [5.41, 5.74) is -0.101. The van der Waals surface area contributed by atoms with Crippen molar-refractivity contribution in [3.63, 3.8) is 0 Å². The number of nitro groups is 1. The van der Waals surface area contributed by atoms with Crippen molar-refractivity contribution < 1.29 is 13.3 Å². The number of non-ortho nitro benzene ring substituents is 1. The van der Waals surface area contributed by atoms with Gasteiger partial charge in [0.05, 0.1) is 9.82 Å². The molecule has 1 aromatic rings. The number of sulfonamides is 1. The summed E-state index contributed by atoms with van der Waals surface area (Å²) in [5, 5.41) is 14.0. The van der Waals surface area contributed by atoms with Gasteiger partial charge in [0.2, 0.25) is 10.0 Å². The van der Waals surface area contributed by atoms with Crippen LogP contribution in [0.25, 0.3) is 0 Å². The van der Waals surface area contributed by atoms with Crippen LogP contribution in [0.5, 0.6) is 0 Å². The Balaban J connectivity index is 1.78. The summed E-state index contributed by atoms with van der Waals surface area (Å²) in [7, 11) is -3.57. The minimum atomic E-state index is -3.57. The predicted molar refractivity (Wildman–Crippen MR) is 80.9 cm³/mol. The molecule has 0 saturated carbocycles. The summed E-state index contributed by atoms with van der Waals surface area (Å²) in [6.45, 7) is 2.97. The van der Waals surface area contributed by atoms with Gasteiger partial charge >= 0.3 is 0 Å². The Morgan fingerprint density at radius 3 is 2.14 bits per heavy atom. The van der Waals surface area contributed by atoms with Crippen LogP contribution in [0.15, 0.2) is 29.2 Å². The molecule has 0 aliphatic carbocycles. The van der Waals surface area contributed by atoms with Crippen LogP contribution in [0.2, 0.25) is 0 Å². The summed E-state index contributed by atoms with van der Waals surface area (Å²) < 4.78 is 26.9. The Morgan fingerprint density at radius 1 is 1.09 bits per heavy atom. The van der Waals surface area contributed by atoms with Crippen molar-refractivity contribution >= 4 is 15.7 Å². The standard InChI is InChI=1S/C14H19N3O4S/c18-17(19)13-1-3-14(4-2-13)22(20,21)16-7-5-11-9-15-10-12(11)6-8-16/h1-4,11-12,15H,5-10H2/t11-,12+. The molecule has 2 fully saturated rings. The van der Waals surface area contributed by atoms with E-state index in [0.29, 0.717) is 24.9 Å². The number of hydrogen-bond donors (Lipinski definition) is 1. The fourth-order valence-electron chi connectivity index (χ4n) is 3.32. The Bertz CT molecular complexity index is 645. The molecule has 0 unspecified atom stereocenters. The van der Waals surface area contributed by atoms with E-state index in [1.165, 1.54) is 28.6 Å². The maximum absolute atomic E-state index is 12.7. The molecule has 2 saturated heterocycles. The predicted octanol–water partition coefficient (Wildman–Crippen LogP) is 1.21. The number of benzene rings is 1. The zero-order chi connectivity index (χ0) is 15.7. The maximum Gasteiger partial charge on any atom is 0.269 e. The van der Waals surface area contributed by atoms with E-state index in [4.69, 9.17) is 0 Å². The van der Waals surface area contributed by atoms with Crippen LogP contribution in [-0.2, 0) is 10.0 Å². The minimum Gasteiger partial charge on any atom is -0.316 e. The second-order valence-electron chi connectivity index (χ2n) is 5.91. The van der Waals surface area contributed by atoms with E-state index in [-0.39, 0.29) is 10.6 Å². The summed E-state index contributed by atoms with van der Waals surface area (Å²) in [5.74, 6) is 1.11. The Morgan fingerprint density at radius 2 is 1.64 bits per heavy atom. The number of rotatable bonds is 3. The van der Waals surface area contributed by atoms with Gasteiger partial charge in [-0.25, -0.2) is 8.42 Å². The van der Waals surface area contributed by atoms with Crippen molar-refractivity contribution in [1.82, 2.24) is 9.62 Å². The van der Waals surface area contributed by atoms with E-state index in [0.717, 1.165) is 25.9 Å². The smallest absolute Gasteiger partial charge is 0.269 e. The lowest BCUT2D eigenvalue weighted by molar-refractivity contribution is -0.384. The van der Waals surface area contributed by atoms with Crippen molar-refractivity contribution in [2.45, 2.75) is 17.7 Å². The molecule has 1 aromatic carbocycles. The molecule has 0 radical (unpaired) electrons. The molecule has 2 atom stereocenters. The number of nitrogens with zero attached hydrogens (tertiary/aromatic N) is 2. The van der Waals surface area contributed by atoms with Crippen molar-refractivity contribution in [2.24, 2.45) is 11.8 Å². The Kier molecular flexibility index (Phi) is 4.16. The van der Waals surface area contributed by atoms with Crippen LogP contribution in [0.1, 0.15) is 12.8 Å². The lowest BCUT2D eigenvalue weighted by Gasteiger charge is -2.20. The average Bonchev–Trinajstić information content (AvgIpc) is 2.85. The first-order valence-electron chi connectivity index (χ1n) is 7.44.